The Morgan fingerprint density at radius 2 is 1.90 bits per heavy atom. The minimum absolute atomic E-state index is 0.217. The normalized spacial score (nSPS) is 14.2. The molecule has 0 saturated heterocycles. The number of para-hydroxylation sites is 1. The second kappa shape index (κ2) is 4.79. The lowest BCUT2D eigenvalue weighted by molar-refractivity contribution is 0.597. The number of nitrogens with one attached hydrogen (secondary N) is 1. The molecule has 0 amide bonds. The number of hydrogen-bond donors (Lipinski definition) is 1. The number of hydrogen-bond acceptors (Lipinski definition) is 2. The van der Waals surface area contributed by atoms with Crippen molar-refractivity contribution in [3.8, 4) is 0 Å². The highest BCUT2D eigenvalue weighted by atomic mass is 32.2. The molecule has 0 unspecified atom stereocenters. The summed E-state index contributed by atoms with van der Waals surface area (Å²) in [6.07, 6.45) is 0.681. The van der Waals surface area contributed by atoms with Crippen LogP contribution < -0.4 is 9.03 Å². The van der Waals surface area contributed by atoms with E-state index in [1.54, 1.807) is 12.1 Å². The number of nitrogens with zero attached hydrogens (tertiary/aromatic N) is 1. The van der Waals surface area contributed by atoms with Crippen molar-refractivity contribution in [1.29, 1.82) is 0 Å². The van der Waals surface area contributed by atoms with Gasteiger partial charge in [-0.2, -0.15) is 8.42 Å². The zero-order valence-corrected chi connectivity index (χ0v) is 11.4. The maximum atomic E-state index is 13.1. The summed E-state index contributed by atoms with van der Waals surface area (Å²) in [6.45, 7) is 0.393. The summed E-state index contributed by atoms with van der Waals surface area (Å²) in [7, 11) is -3.73. The lowest BCUT2D eigenvalue weighted by atomic mass is 10.2. The van der Waals surface area contributed by atoms with Gasteiger partial charge in [-0.15, -0.1) is 0 Å². The molecule has 0 aliphatic carbocycles. The zero-order chi connectivity index (χ0) is 14.2. The minimum Gasteiger partial charge on any atom is -0.266 e. The van der Waals surface area contributed by atoms with Gasteiger partial charge in [0.15, 0.2) is 0 Å². The van der Waals surface area contributed by atoms with Crippen molar-refractivity contribution in [2.45, 2.75) is 6.42 Å². The first-order valence-electron chi connectivity index (χ1n) is 6.20. The molecule has 2 aromatic rings. The Kier molecular flexibility index (Phi) is 3.10. The minimum atomic E-state index is -3.73. The molecule has 1 heterocycles. The average Bonchev–Trinajstić information content (AvgIpc) is 2.82. The molecule has 0 bridgehead atoms. The van der Waals surface area contributed by atoms with E-state index in [-0.39, 0.29) is 5.69 Å². The van der Waals surface area contributed by atoms with Crippen LogP contribution in [0.4, 0.5) is 15.8 Å². The molecule has 2 aromatic carbocycles. The molecular formula is C14H13FN2O2S. The molecule has 0 atom stereocenters. The van der Waals surface area contributed by atoms with E-state index in [1.807, 2.05) is 12.1 Å². The van der Waals surface area contributed by atoms with Crippen LogP contribution in [0.15, 0.2) is 48.5 Å². The Labute approximate surface area is 117 Å². The smallest absolute Gasteiger partial charge is 0.266 e. The predicted octanol–water partition coefficient (Wildman–Crippen LogP) is 2.55. The van der Waals surface area contributed by atoms with Crippen LogP contribution >= 0.6 is 0 Å². The molecule has 20 heavy (non-hydrogen) atoms. The van der Waals surface area contributed by atoms with Crippen molar-refractivity contribution in [2.75, 3.05) is 15.6 Å². The molecule has 3 rings (SSSR count). The summed E-state index contributed by atoms with van der Waals surface area (Å²) in [5, 5.41) is 0. The van der Waals surface area contributed by atoms with Crippen LogP contribution in [0.2, 0.25) is 0 Å². The first-order valence-corrected chi connectivity index (χ1v) is 7.64. The van der Waals surface area contributed by atoms with Crippen LogP contribution in [0.5, 0.6) is 0 Å². The standard InChI is InChI=1S/C14H13FN2O2S/c15-12-5-3-6-13(10-12)16-20(18,19)17-9-8-11-4-1-2-7-14(11)17/h1-7,10,16H,8-9H2. The second-order valence-electron chi connectivity index (χ2n) is 4.57. The summed E-state index contributed by atoms with van der Waals surface area (Å²) in [4.78, 5) is 0. The van der Waals surface area contributed by atoms with Crippen molar-refractivity contribution in [3.05, 3.63) is 59.9 Å². The van der Waals surface area contributed by atoms with E-state index in [0.29, 0.717) is 18.7 Å². The molecule has 0 aromatic heterocycles. The Bertz CT molecular complexity index is 746. The van der Waals surface area contributed by atoms with Gasteiger partial charge in [-0.1, -0.05) is 24.3 Å². The quantitative estimate of drug-likeness (QED) is 0.945. The van der Waals surface area contributed by atoms with Crippen LogP contribution in [0.25, 0.3) is 0 Å². The maximum absolute atomic E-state index is 13.1. The van der Waals surface area contributed by atoms with Gasteiger partial charge in [0.2, 0.25) is 0 Å². The molecule has 104 valence electrons. The first kappa shape index (κ1) is 12.9. The molecule has 0 fully saturated rings. The van der Waals surface area contributed by atoms with E-state index in [1.165, 1.54) is 22.5 Å². The Morgan fingerprint density at radius 3 is 2.70 bits per heavy atom. The summed E-state index contributed by atoms with van der Waals surface area (Å²) in [6, 6.07) is 12.8. The molecule has 0 saturated carbocycles. The van der Waals surface area contributed by atoms with E-state index in [4.69, 9.17) is 0 Å². The summed E-state index contributed by atoms with van der Waals surface area (Å²) < 4.78 is 41.6. The third-order valence-electron chi connectivity index (χ3n) is 3.21. The molecule has 0 radical (unpaired) electrons. The van der Waals surface area contributed by atoms with Crippen molar-refractivity contribution in [2.24, 2.45) is 0 Å². The third-order valence-corrected chi connectivity index (χ3v) is 4.66. The van der Waals surface area contributed by atoms with Gasteiger partial charge in [0.25, 0.3) is 0 Å². The second-order valence-corrected chi connectivity index (χ2v) is 6.16. The average molecular weight is 292 g/mol. The molecule has 0 spiro atoms. The molecule has 1 aliphatic rings. The van der Waals surface area contributed by atoms with Crippen LogP contribution in [-0.4, -0.2) is 15.0 Å². The van der Waals surface area contributed by atoms with E-state index in [0.717, 1.165) is 11.6 Å². The largest absolute Gasteiger partial charge is 0.323 e. The lowest BCUT2D eigenvalue weighted by Crippen LogP contribution is -2.34. The number of fused-ring (bicyclic) bond motifs is 1. The van der Waals surface area contributed by atoms with Gasteiger partial charge in [-0.05, 0) is 36.2 Å². The maximum Gasteiger partial charge on any atom is 0.323 e. The van der Waals surface area contributed by atoms with Gasteiger partial charge in [-0.25, -0.2) is 4.39 Å². The fourth-order valence-electron chi connectivity index (χ4n) is 2.31. The summed E-state index contributed by atoms with van der Waals surface area (Å²) in [5.41, 5.74) is 1.89. The zero-order valence-electron chi connectivity index (χ0n) is 10.6. The fourth-order valence-corrected chi connectivity index (χ4v) is 3.62. The van der Waals surface area contributed by atoms with Gasteiger partial charge in [0, 0.05) is 6.54 Å². The molecule has 6 heteroatoms. The Morgan fingerprint density at radius 1 is 1.10 bits per heavy atom. The van der Waals surface area contributed by atoms with Gasteiger partial charge in [-0.3, -0.25) is 9.03 Å². The van der Waals surface area contributed by atoms with Crippen LogP contribution in [0.1, 0.15) is 5.56 Å². The Balaban J connectivity index is 1.90. The number of rotatable bonds is 3. The molecule has 1 N–H and O–H groups in total. The van der Waals surface area contributed by atoms with Crippen molar-refractivity contribution >= 4 is 21.6 Å². The summed E-state index contributed by atoms with van der Waals surface area (Å²) in [5.74, 6) is -0.480. The number of benzene rings is 2. The van der Waals surface area contributed by atoms with E-state index < -0.39 is 16.0 Å². The van der Waals surface area contributed by atoms with E-state index in [9.17, 15) is 12.8 Å². The third kappa shape index (κ3) is 2.34. The topological polar surface area (TPSA) is 49.4 Å². The van der Waals surface area contributed by atoms with Gasteiger partial charge in [0.05, 0.1) is 11.4 Å². The Hall–Kier alpha value is -2.08. The SMILES string of the molecule is O=S(=O)(Nc1cccc(F)c1)N1CCc2ccccc21. The van der Waals surface area contributed by atoms with Gasteiger partial charge in [0.1, 0.15) is 5.82 Å². The molecular weight excluding hydrogens is 279 g/mol. The predicted molar refractivity (Wildman–Crippen MR) is 76.4 cm³/mol. The highest BCUT2D eigenvalue weighted by Gasteiger charge is 2.28. The van der Waals surface area contributed by atoms with E-state index in [2.05, 4.69) is 4.72 Å². The first-order chi connectivity index (χ1) is 9.56. The monoisotopic (exact) mass is 292 g/mol. The highest BCUT2D eigenvalue weighted by Crippen LogP contribution is 2.30. The summed E-state index contributed by atoms with van der Waals surface area (Å²) >= 11 is 0. The van der Waals surface area contributed by atoms with Gasteiger partial charge >= 0.3 is 10.2 Å². The molecule has 4 nitrogen and oxygen atoms in total. The van der Waals surface area contributed by atoms with Crippen molar-refractivity contribution in [3.63, 3.8) is 0 Å². The highest BCUT2D eigenvalue weighted by molar-refractivity contribution is 7.94. The van der Waals surface area contributed by atoms with Gasteiger partial charge < -0.3 is 0 Å². The van der Waals surface area contributed by atoms with Crippen LogP contribution in [-0.2, 0) is 16.6 Å². The molecule has 1 aliphatic heterocycles. The van der Waals surface area contributed by atoms with E-state index >= 15 is 0 Å². The lowest BCUT2D eigenvalue weighted by Gasteiger charge is -2.20. The fraction of sp³-hybridized carbons (Fsp3) is 0.143. The van der Waals surface area contributed by atoms with Crippen molar-refractivity contribution in [1.82, 2.24) is 0 Å². The van der Waals surface area contributed by atoms with Crippen LogP contribution in [0.3, 0.4) is 0 Å². The van der Waals surface area contributed by atoms with Crippen molar-refractivity contribution < 1.29 is 12.8 Å². The number of anilines is 2. The van der Waals surface area contributed by atoms with Crippen LogP contribution in [0, 0.1) is 5.82 Å². The number of halogens is 1.